The first-order valence-corrected chi connectivity index (χ1v) is 9.24. The molecule has 1 aromatic heterocycles. The van der Waals surface area contributed by atoms with Crippen LogP contribution in [0.3, 0.4) is 0 Å². The first-order valence-electron chi connectivity index (χ1n) is 8.36. The second kappa shape index (κ2) is 9.78. The second-order valence-electron chi connectivity index (χ2n) is 5.61. The summed E-state index contributed by atoms with van der Waals surface area (Å²) < 4.78 is 0. The van der Waals surface area contributed by atoms with Crippen molar-refractivity contribution in [2.45, 2.75) is 33.7 Å². The Morgan fingerprint density at radius 2 is 2.16 bits per heavy atom. The molecule has 3 N–H and O–H groups in total. The van der Waals surface area contributed by atoms with Crippen molar-refractivity contribution in [1.82, 2.24) is 15.6 Å². The molecule has 6 nitrogen and oxygen atoms in total. The first kappa shape index (κ1) is 18.9. The van der Waals surface area contributed by atoms with Gasteiger partial charge < -0.3 is 16.0 Å². The predicted octanol–water partition coefficient (Wildman–Crippen LogP) is 2.71. The lowest BCUT2D eigenvalue weighted by atomic mass is 10.2. The first-order chi connectivity index (χ1) is 12.1. The van der Waals surface area contributed by atoms with E-state index in [1.165, 1.54) is 6.92 Å². The summed E-state index contributed by atoms with van der Waals surface area (Å²) in [5.41, 5.74) is 2.93. The summed E-state index contributed by atoms with van der Waals surface area (Å²) in [4.78, 5) is 20.2. The molecule has 0 atom stereocenters. The van der Waals surface area contributed by atoms with E-state index < -0.39 is 0 Å². The highest BCUT2D eigenvalue weighted by Gasteiger charge is 2.02. The molecule has 1 aromatic carbocycles. The highest BCUT2D eigenvalue weighted by atomic mass is 32.1. The fraction of sp³-hybridized carbons (Fsp3) is 0.389. The number of anilines is 1. The van der Waals surface area contributed by atoms with Gasteiger partial charge >= 0.3 is 0 Å². The second-order valence-corrected chi connectivity index (χ2v) is 6.67. The lowest BCUT2D eigenvalue weighted by molar-refractivity contribution is -0.114. The van der Waals surface area contributed by atoms with Gasteiger partial charge in [0.2, 0.25) is 5.91 Å². The van der Waals surface area contributed by atoms with Crippen molar-refractivity contribution in [3.05, 3.63) is 45.9 Å². The SMILES string of the molecule is CCNC(=NCc1cccc(NC(C)=O)c1)NCCc1csc(C)n1. The van der Waals surface area contributed by atoms with Gasteiger partial charge in [0.15, 0.2) is 5.96 Å². The van der Waals surface area contributed by atoms with Crippen molar-refractivity contribution < 1.29 is 4.79 Å². The fourth-order valence-corrected chi connectivity index (χ4v) is 2.94. The van der Waals surface area contributed by atoms with Gasteiger partial charge in [0.1, 0.15) is 0 Å². The van der Waals surface area contributed by atoms with E-state index in [1.807, 2.05) is 38.1 Å². The van der Waals surface area contributed by atoms with Crippen LogP contribution < -0.4 is 16.0 Å². The van der Waals surface area contributed by atoms with Crippen molar-refractivity contribution in [2.75, 3.05) is 18.4 Å². The number of thiazole rings is 1. The monoisotopic (exact) mass is 359 g/mol. The van der Waals surface area contributed by atoms with E-state index in [9.17, 15) is 4.79 Å². The zero-order valence-electron chi connectivity index (χ0n) is 14.9. The van der Waals surface area contributed by atoms with E-state index in [1.54, 1.807) is 11.3 Å². The van der Waals surface area contributed by atoms with Gasteiger partial charge in [0.05, 0.1) is 17.2 Å². The van der Waals surface area contributed by atoms with Crippen LogP contribution in [0.4, 0.5) is 5.69 Å². The Balaban J connectivity index is 1.91. The zero-order chi connectivity index (χ0) is 18.1. The number of aryl methyl sites for hydroxylation is 1. The molecule has 2 rings (SSSR count). The molecule has 0 aliphatic carbocycles. The van der Waals surface area contributed by atoms with Crippen LogP contribution in [-0.2, 0) is 17.8 Å². The van der Waals surface area contributed by atoms with Crippen LogP contribution in [0.15, 0.2) is 34.6 Å². The Labute approximate surface area is 152 Å². The molecule has 2 aromatic rings. The molecule has 1 heterocycles. The van der Waals surface area contributed by atoms with Gasteiger partial charge in [-0.15, -0.1) is 11.3 Å². The summed E-state index contributed by atoms with van der Waals surface area (Å²) in [6.45, 7) is 7.68. The molecule has 0 radical (unpaired) electrons. The minimum atomic E-state index is -0.0760. The number of benzene rings is 1. The number of aromatic nitrogens is 1. The molecular weight excluding hydrogens is 334 g/mol. The molecule has 0 unspecified atom stereocenters. The van der Waals surface area contributed by atoms with Gasteiger partial charge in [-0.1, -0.05) is 12.1 Å². The van der Waals surface area contributed by atoms with Crippen molar-refractivity contribution in [1.29, 1.82) is 0 Å². The highest BCUT2D eigenvalue weighted by Crippen LogP contribution is 2.11. The third kappa shape index (κ3) is 6.93. The van der Waals surface area contributed by atoms with Crippen molar-refractivity contribution in [3.63, 3.8) is 0 Å². The average Bonchev–Trinajstić information content (AvgIpc) is 2.98. The van der Waals surface area contributed by atoms with E-state index in [-0.39, 0.29) is 5.91 Å². The molecule has 1 amide bonds. The Kier molecular flexibility index (Phi) is 7.40. The number of nitrogens with zero attached hydrogens (tertiary/aromatic N) is 2. The van der Waals surface area contributed by atoms with Crippen LogP contribution in [0.5, 0.6) is 0 Å². The maximum Gasteiger partial charge on any atom is 0.221 e. The standard InChI is InChI=1S/C18H25N5OS/c1-4-19-18(20-9-8-17-12-25-14(3)23-17)21-11-15-6-5-7-16(10-15)22-13(2)24/h5-7,10,12H,4,8-9,11H2,1-3H3,(H,22,24)(H2,19,20,21). The molecule has 0 aliphatic heterocycles. The number of hydrogen-bond acceptors (Lipinski definition) is 4. The largest absolute Gasteiger partial charge is 0.357 e. The Hall–Kier alpha value is -2.41. The molecule has 0 saturated heterocycles. The topological polar surface area (TPSA) is 78.4 Å². The Morgan fingerprint density at radius 1 is 1.32 bits per heavy atom. The molecule has 7 heteroatoms. The lowest BCUT2D eigenvalue weighted by Gasteiger charge is -2.11. The van der Waals surface area contributed by atoms with Crippen LogP contribution >= 0.6 is 11.3 Å². The molecule has 134 valence electrons. The average molecular weight is 359 g/mol. The van der Waals surface area contributed by atoms with Crippen molar-refractivity contribution in [2.24, 2.45) is 4.99 Å². The van der Waals surface area contributed by atoms with Crippen LogP contribution in [-0.4, -0.2) is 29.9 Å². The third-order valence-corrected chi connectivity index (χ3v) is 4.17. The number of amides is 1. The van der Waals surface area contributed by atoms with E-state index in [2.05, 4.69) is 31.3 Å². The molecule has 0 fully saturated rings. The molecule has 0 saturated carbocycles. The maximum absolute atomic E-state index is 11.1. The zero-order valence-corrected chi connectivity index (χ0v) is 15.7. The molecule has 0 bridgehead atoms. The summed E-state index contributed by atoms with van der Waals surface area (Å²) in [7, 11) is 0. The number of guanidine groups is 1. The highest BCUT2D eigenvalue weighted by molar-refractivity contribution is 7.09. The summed E-state index contributed by atoms with van der Waals surface area (Å²) in [5, 5.41) is 12.5. The summed E-state index contributed by atoms with van der Waals surface area (Å²) in [6.07, 6.45) is 0.868. The van der Waals surface area contributed by atoms with Crippen LogP contribution in [0.1, 0.15) is 30.1 Å². The lowest BCUT2D eigenvalue weighted by Crippen LogP contribution is -2.38. The minimum Gasteiger partial charge on any atom is -0.357 e. The minimum absolute atomic E-state index is 0.0760. The molecular formula is C18H25N5OS. The van der Waals surface area contributed by atoms with Crippen molar-refractivity contribution >= 4 is 28.9 Å². The smallest absolute Gasteiger partial charge is 0.221 e. The van der Waals surface area contributed by atoms with Gasteiger partial charge in [-0.3, -0.25) is 4.79 Å². The van der Waals surface area contributed by atoms with Crippen molar-refractivity contribution in [3.8, 4) is 0 Å². The number of nitrogens with one attached hydrogen (secondary N) is 3. The van der Waals surface area contributed by atoms with Gasteiger partial charge in [0, 0.05) is 37.5 Å². The molecule has 0 spiro atoms. The number of carbonyl (C=O) groups is 1. The van der Waals surface area contributed by atoms with Gasteiger partial charge in [-0.2, -0.15) is 0 Å². The quantitative estimate of drug-likeness (QED) is 0.525. The Bertz CT molecular complexity index is 726. The Morgan fingerprint density at radius 3 is 2.84 bits per heavy atom. The van der Waals surface area contributed by atoms with E-state index in [4.69, 9.17) is 0 Å². The number of hydrogen-bond donors (Lipinski definition) is 3. The number of carbonyl (C=O) groups excluding carboxylic acids is 1. The van der Waals surface area contributed by atoms with Gasteiger partial charge in [-0.05, 0) is 31.5 Å². The number of rotatable bonds is 7. The van der Waals surface area contributed by atoms with Crippen LogP contribution in [0.25, 0.3) is 0 Å². The fourth-order valence-electron chi connectivity index (χ4n) is 2.29. The summed E-state index contributed by atoms with van der Waals surface area (Å²) >= 11 is 1.67. The molecule has 25 heavy (non-hydrogen) atoms. The van der Waals surface area contributed by atoms with Crippen LogP contribution in [0, 0.1) is 6.92 Å². The molecule has 0 aliphatic rings. The third-order valence-electron chi connectivity index (χ3n) is 3.35. The maximum atomic E-state index is 11.1. The summed E-state index contributed by atoms with van der Waals surface area (Å²) in [5.74, 6) is 0.701. The van der Waals surface area contributed by atoms with Gasteiger partial charge in [-0.25, -0.2) is 9.98 Å². The van der Waals surface area contributed by atoms with E-state index in [0.717, 1.165) is 47.4 Å². The normalized spacial score (nSPS) is 11.2. The predicted molar refractivity (Wildman–Crippen MR) is 104 cm³/mol. The van der Waals surface area contributed by atoms with Crippen LogP contribution in [0.2, 0.25) is 0 Å². The summed E-state index contributed by atoms with van der Waals surface area (Å²) in [6, 6.07) is 7.72. The van der Waals surface area contributed by atoms with E-state index >= 15 is 0 Å². The van der Waals surface area contributed by atoms with Gasteiger partial charge in [0.25, 0.3) is 0 Å². The number of aliphatic imine (C=N–C) groups is 1. The van der Waals surface area contributed by atoms with E-state index in [0.29, 0.717) is 6.54 Å².